The Morgan fingerprint density at radius 1 is 0.864 bits per heavy atom. The molecule has 2 fully saturated rings. The molecule has 0 aromatic rings. The third-order valence-corrected chi connectivity index (χ3v) is 5.01. The zero-order valence-electron chi connectivity index (χ0n) is 12.5. The Bertz CT molecular complexity index is 445. The van der Waals surface area contributed by atoms with Crippen LogP contribution in [-0.2, 0) is 19.1 Å². The van der Waals surface area contributed by atoms with E-state index in [1.165, 1.54) is 12.2 Å². The van der Waals surface area contributed by atoms with E-state index in [0.29, 0.717) is 0 Å². The van der Waals surface area contributed by atoms with Crippen molar-refractivity contribution in [2.45, 2.75) is 38.5 Å². The van der Waals surface area contributed by atoms with Gasteiger partial charge in [-0.2, -0.15) is 0 Å². The van der Waals surface area contributed by atoms with Crippen LogP contribution in [0.4, 0.5) is 0 Å². The standard InChI is InChI=1S/C16H22O6/c17-11-21-13(19)3-7-16(8-4-14(20)22-12-18)10-9-15(16)5-1-2-6-15/h3-4,7-8,17-18H,1-2,5-6,9-12H2. The lowest BCUT2D eigenvalue weighted by Gasteiger charge is -2.55. The highest BCUT2D eigenvalue weighted by Crippen LogP contribution is 2.66. The molecule has 2 N–H and O–H groups in total. The Morgan fingerprint density at radius 3 is 1.73 bits per heavy atom. The topological polar surface area (TPSA) is 93.1 Å². The number of hydrogen-bond acceptors (Lipinski definition) is 6. The van der Waals surface area contributed by atoms with Crippen molar-refractivity contribution in [3.63, 3.8) is 0 Å². The van der Waals surface area contributed by atoms with Gasteiger partial charge in [0.2, 0.25) is 0 Å². The first-order valence-corrected chi connectivity index (χ1v) is 7.51. The highest BCUT2D eigenvalue weighted by molar-refractivity contribution is 5.83. The number of rotatable bonds is 6. The zero-order valence-corrected chi connectivity index (χ0v) is 12.5. The molecule has 1 spiro atoms. The average Bonchev–Trinajstić information content (AvgIpc) is 2.99. The molecule has 22 heavy (non-hydrogen) atoms. The molecule has 2 rings (SSSR count). The van der Waals surface area contributed by atoms with Crippen LogP contribution in [-0.4, -0.2) is 35.7 Å². The first-order chi connectivity index (χ1) is 10.6. The van der Waals surface area contributed by atoms with Crippen LogP contribution in [0.1, 0.15) is 38.5 Å². The Balaban J connectivity index is 2.18. The second-order valence-electron chi connectivity index (χ2n) is 5.88. The highest BCUT2D eigenvalue weighted by Gasteiger charge is 2.56. The van der Waals surface area contributed by atoms with E-state index in [9.17, 15) is 9.59 Å². The minimum absolute atomic E-state index is 0.0823. The SMILES string of the molecule is O=C(C=CC1(C=CC(=O)OCO)CCC12CCCC2)OCO. The Hall–Kier alpha value is -1.66. The summed E-state index contributed by atoms with van der Waals surface area (Å²) in [4.78, 5) is 22.9. The number of hydrogen-bond donors (Lipinski definition) is 2. The van der Waals surface area contributed by atoms with Gasteiger partial charge >= 0.3 is 11.9 Å². The molecule has 0 unspecified atom stereocenters. The number of esters is 2. The van der Waals surface area contributed by atoms with E-state index in [2.05, 4.69) is 9.47 Å². The van der Waals surface area contributed by atoms with Gasteiger partial charge in [-0.05, 0) is 31.1 Å². The van der Waals surface area contributed by atoms with Gasteiger partial charge in [-0.15, -0.1) is 0 Å². The van der Waals surface area contributed by atoms with Gasteiger partial charge in [-0.3, -0.25) is 0 Å². The summed E-state index contributed by atoms with van der Waals surface area (Å²) < 4.78 is 9.00. The first-order valence-electron chi connectivity index (χ1n) is 7.51. The molecule has 6 nitrogen and oxygen atoms in total. The molecular formula is C16H22O6. The largest absolute Gasteiger partial charge is 0.436 e. The van der Waals surface area contributed by atoms with Crippen LogP contribution < -0.4 is 0 Å². The summed E-state index contributed by atoms with van der Waals surface area (Å²) >= 11 is 0. The van der Waals surface area contributed by atoms with Crippen LogP contribution >= 0.6 is 0 Å². The average molecular weight is 310 g/mol. The van der Waals surface area contributed by atoms with Gasteiger partial charge in [0, 0.05) is 17.6 Å². The molecule has 2 aliphatic rings. The minimum Gasteiger partial charge on any atom is -0.436 e. The number of aliphatic hydroxyl groups excluding tert-OH is 2. The van der Waals surface area contributed by atoms with E-state index in [-0.39, 0.29) is 10.8 Å². The molecule has 0 saturated heterocycles. The van der Waals surface area contributed by atoms with Gasteiger partial charge < -0.3 is 19.7 Å². The molecule has 6 heteroatoms. The fourth-order valence-electron chi connectivity index (χ4n) is 3.77. The first kappa shape index (κ1) is 16.7. The van der Waals surface area contributed by atoms with Gasteiger partial charge in [-0.1, -0.05) is 25.0 Å². The van der Waals surface area contributed by atoms with Crippen molar-refractivity contribution in [3.8, 4) is 0 Å². The Labute approximate surface area is 129 Å². The molecule has 0 atom stereocenters. The van der Waals surface area contributed by atoms with E-state index >= 15 is 0 Å². The molecule has 0 aromatic carbocycles. The second-order valence-corrected chi connectivity index (χ2v) is 5.88. The summed E-state index contributed by atoms with van der Waals surface area (Å²) in [6.45, 7) is -1.31. The summed E-state index contributed by atoms with van der Waals surface area (Å²) in [5.74, 6) is -1.21. The van der Waals surface area contributed by atoms with Gasteiger partial charge in [-0.25, -0.2) is 9.59 Å². The van der Waals surface area contributed by atoms with Crippen LogP contribution in [0, 0.1) is 10.8 Å². The Morgan fingerprint density at radius 2 is 1.36 bits per heavy atom. The lowest BCUT2D eigenvalue weighted by molar-refractivity contribution is -0.146. The van der Waals surface area contributed by atoms with Crippen molar-refractivity contribution in [2.24, 2.45) is 10.8 Å². The van der Waals surface area contributed by atoms with Crippen molar-refractivity contribution in [1.82, 2.24) is 0 Å². The summed E-state index contributed by atoms with van der Waals surface area (Å²) in [5, 5.41) is 17.2. The van der Waals surface area contributed by atoms with Crippen molar-refractivity contribution >= 4 is 11.9 Å². The molecule has 0 radical (unpaired) electrons. The molecule has 0 amide bonds. The summed E-state index contributed by atoms with van der Waals surface area (Å²) in [6.07, 6.45) is 12.5. The second kappa shape index (κ2) is 7.07. The van der Waals surface area contributed by atoms with Gasteiger partial charge in [0.25, 0.3) is 0 Å². The van der Waals surface area contributed by atoms with Crippen LogP contribution in [0.15, 0.2) is 24.3 Å². The number of carbonyl (C=O) groups is 2. The monoisotopic (exact) mass is 310 g/mol. The van der Waals surface area contributed by atoms with Crippen molar-refractivity contribution in [2.75, 3.05) is 13.6 Å². The van der Waals surface area contributed by atoms with Gasteiger partial charge in [0.15, 0.2) is 13.6 Å². The molecule has 122 valence electrons. The fourth-order valence-corrected chi connectivity index (χ4v) is 3.77. The van der Waals surface area contributed by atoms with Crippen LogP contribution in [0.2, 0.25) is 0 Å². The number of carbonyl (C=O) groups excluding carboxylic acids is 2. The van der Waals surface area contributed by atoms with Gasteiger partial charge in [0.05, 0.1) is 0 Å². The van der Waals surface area contributed by atoms with Crippen molar-refractivity contribution in [3.05, 3.63) is 24.3 Å². The molecule has 2 aliphatic carbocycles. The number of aliphatic hydroxyl groups is 2. The maximum Gasteiger partial charge on any atom is 0.332 e. The number of allylic oxidation sites excluding steroid dienone is 2. The van der Waals surface area contributed by atoms with Crippen LogP contribution in [0.5, 0.6) is 0 Å². The van der Waals surface area contributed by atoms with E-state index in [1.807, 2.05) is 0 Å². The third-order valence-electron chi connectivity index (χ3n) is 5.01. The van der Waals surface area contributed by atoms with E-state index in [4.69, 9.17) is 10.2 Å². The quantitative estimate of drug-likeness (QED) is 0.438. The smallest absolute Gasteiger partial charge is 0.332 e. The minimum atomic E-state index is -0.653. The van der Waals surface area contributed by atoms with Crippen LogP contribution in [0.25, 0.3) is 0 Å². The lowest BCUT2D eigenvalue weighted by atomic mass is 9.48. The molecule has 0 heterocycles. The molecule has 0 aromatic heterocycles. The molecular weight excluding hydrogens is 288 g/mol. The predicted molar refractivity (Wildman–Crippen MR) is 77.2 cm³/mol. The van der Waals surface area contributed by atoms with Crippen molar-refractivity contribution in [1.29, 1.82) is 0 Å². The maximum absolute atomic E-state index is 11.5. The van der Waals surface area contributed by atoms with Crippen LogP contribution in [0.3, 0.4) is 0 Å². The summed E-state index contributed by atoms with van der Waals surface area (Å²) in [5.41, 5.74) is -0.286. The summed E-state index contributed by atoms with van der Waals surface area (Å²) in [7, 11) is 0. The molecule has 0 aliphatic heterocycles. The van der Waals surface area contributed by atoms with Gasteiger partial charge in [0.1, 0.15) is 0 Å². The highest BCUT2D eigenvalue weighted by atomic mass is 16.6. The molecule has 0 bridgehead atoms. The van der Waals surface area contributed by atoms with Crippen molar-refractivity contribution < 1.29 is 29.3 Å². The number of ether oxygens (including phenoxy) is 2. The normalized spacial score (nSPS) is 26.5. The predicted octanol–water partition coefficient (Wildman–Crippen LogP) is 1.43. The van der Waals surface area contributed by atoms with E-state index < -0.39 is 25.5 Å². The fraction of sp³-hybridized carbons (Fsp3) is 0.625. The van der Waals surface area contributed by atoms with E-state index in [0.717, 1.165) is 38.5 Å². The van der Waals surface area contributed by atoms with E-state index in [1.54, 1.807) is 12.2 Å². The lowest BCUT2D eigenvalue weighted by Crippen LogP contribution is -2.47. The molecule has 2 saturated carbocycles. The maximum atomic E-state index is 11.5. The third kappa shape index (κ3) is 3.23. The zero-order chi connectivity index (χ0) is 16.1. The Kier molecular flexibility index (Phi) is 5.37. The summed E-state index contributed by atoms with van der Waals surface area (Å²) in [6, 6.07) is 0.